The summed E-state index contributed by atoms with van der Waals surface area (Å²) in [4.78, 5) is 12.5. The lowest BCUT2D eigenvalue weighted by Gasteiger charge is -2.43. The van der Waals surface area contributed by atoms with Gasteiger partial charge in [0.1, 0.15) is 17.1 Å². The number of sulfonamides is 1. The zero-order valence-corrected chi connectivity index (χ0v) is 15.6. The fourth-order valence-corrected chi connectivity index (χ4v) is 5.16. The molecule has 1 saturated heterocycles. The van der Waals surface area contributed by atoms with Crippen LogP contribution < -0.4 is 9.47 Å². The summed E-state index contributed by atoms with van der Waals surface area (Å²) in [6.07, 6.45) is 2.88. The van der Waals surface area contributed by atoms with Gasteiger partial charge in [-0.1, -0.05) is 13.3 Å². The SMILES string of the molecule is CCCCS(=O)(=O)N1CCC2(CC1)CC(=O)c1ccc(OC)cc1O2. The van der Waals surface area contributed by atoms with Gasteiger partial charge in [0, 0.05) is 32.0 Å². The molecule has 2 aliphatic rings. The maximum atomic E-state index is 12.5. The molecule has 3 rings (SSSR count). The number of hydrogen-bond acceptors (Lipinski definition) is 5. The summed E-state index contributed by atoms with van der Waals surface area (Å²) in [5.74, 6) is 1.42. The van der Waals surface area contributed by atoms with Crippen LogP contribution >= 0.6 is 0 Å². The number of piperidine rings is 1. The van der Waals surface area contributed by atoms with E-state index in [2.05, 4.69) is 0 Å². The average molecular weight is 367 g/mol. The third-order valence-corrected chi connectivity index (χ3v) is 7.04. The van der Waals surface area contributed by atoms with Crippen LogP contribution in [0.1, 0.15) is 49.4 Å². The summed E-state index contributed by atoms with van der Waals surface area (Å²) in [7, 11) is -1.64. The molecule has 25 heavy (non-hydrogen) atoms. The van der Waals surface area contributed by atoms with Crippen molar-refractivity contribution in [3.05, 3.63) is 23.8 Å². The van der Waals surface area contributed by atoms with E-state index in [-0.39, 0.29) is 11.5 Å². The van der Waals surface area contributed by atoms with Crippen LogP contribution in [0.15, 0.2) is 18.2 Å². The van der Waals surface area contributed by atoms with E-state index in [0.29, 0.717) is 55.8 Å². The molecule has 0 saturated carbocycles. The van der Waals surface area contributed by atoms with Gasteiger partial charge in [-0.25, -0.2) is 12.7 Å². The molecule has 0 radical (unpaired) electrons. The molecule has 2 heterocycles. The Morgan fingerprint density at radius 1 is 1.28 bits per heavy atom. The van der Waals surface area contributed by atoms with E-state index in [1.807, 2.05) is 6.92 Å². The number of nitrogens with zero attached hydrogens (tertiary/aromatic N) is 1. The van der Waals surface area contributed by atoms with E-state index in [4.69, 9.17) is 9.47 Å². The number of hydrogen-bond donors (Lipinski definition) is 0. The molecule has 0 N–H and O–H groups in total. The van der Waals surface area contributed by atoms with E-state index < -0.39 is 15.6 Å². The number of Topliss-reactive ketones (excluding diaryl/α,β-unsaturated/α-hetero) is 1. The summed E-state index contributed by atoms with van der Waals surface area (Å²) in [6, 6.07) is 5.22. The Hall–Kier alpha value is -1.60. The topological polar surface area (TPSA) is 72.9 Å². The molecular weight excluding hydrogens is 342 g/mol. The predicted octanol–water partition coefficient (Wildman–Crippen LogP) is 2.62. The van der Waals surface area contributed by atoms with Crippen LogP contribution in [-0.2, 0) is 10.0 Å². The highest BCUT2D eigenvalue weighted by Crippen LogP contribution is 2.41. The molecule has 1 aromatic carbocycles. The first kappa shape index (κ1) is 18.2. The first-order chi connectivity index (χ1) is 11.9. The van der Waals surface area contributed by atoms with Crippen molar-refractivity contribution in [1.29, 1.82) is 0 Å². The van der Waals surface area contributed by atoms with Gasteiger partial charge < -0.3 is 9.47 Å². The molecule has 1 fully saturated rings. The molecule has 1 spiro atoms. The number of carbonyl (C=O) groups excluding carboxylic acids is 1. The minimum Gasteiger partial charge on any atom is -0.497 e. The van der Waals surface area contributed by atoms with Gasteiger partial charge in [-0.15, -0.1) is 0 Å². The molecule has 0 aliphatic carbocycles. The van der Waals surface area contributed by atoms with Crippen molar-refractivity contribution in [3.8, 4) is 11.5 Å². The summed E-state index contributed by atoms with van der Waals surface area (Å²) < 4.78 is 37.7. The van der Waals surface area contributed by atoms with Crippen LogP contribution in [-0.4, -0.2) is 50.1 Å². The van der Waals surface area contributed by atoms with Crippen LogP contribution in [0.4, 0.5) is 0 Å². The highest BCUT2D eigenvalue weighted by Gasteiger charge is 2.44. The second kappa shape index (κ2) is 6.96. The third kappa shape index (κ3) is 3.67. The molecule has 0 atom stereocenters. The van der Waals surface area contributed by atoms with Gasteiger partial charge in [0.15, 0.2) is 5.78 Å². The fraction of sp³-hybridized carbons (Fsp3) is 0.611. The maximum absolute atomic E-state index is 12.5. The predicted molar refractivity (Wildman–Crippen MR) is 94.8 cm³/mol. The van der Waals surface area contributed by atoms with Crippen molar-refractivity contribution < 1.29 is 22.7 Å². The molecule has 0 bridgehead atoms. The van der Waals surface area contributed by atoms with E-state index in [9.17, 15) is 13.2 Å². The zero-order chi connectivity index (χ0) is 18.1. The van der Waals surface area contributed by atoms with Crippen molar-refractivity contribution in [1.82, 2.24) is 4.31 Å². The Kier molecular flexibility index (Phi) is 5.06. The number of unbranched alkanes of at least 4 members (excludes halogenated alkanes) is 1. The quantitative estimate of drug-likeness (QED) is 0.800. The number of fused-ring (bicyclic) bond motifs is 1. The van der Waals surface area contributed by atoms with Gasteiger partial charge in [0.05, 0.1) is 24.8 Å². The molecule has 0 unspecified atom stereocenters. The summed E-state index contributed by atoms with van der Waals surface area (Å²) in [6.45, 7) is 2.78. The number of ether oxygens (including phenoxy) is 2. The molecule has 1 aromatic rings. The lowest BCUT2D eigenvalue weighted by molar-refractivity contribution is 0.00578. The van der Waals surface area contributed by atoms with Gasteiger partial charge in [-0.2, -0.15) is 0 Å². The number of rotatable bonds is 5. The largest absolute Gasteiger partial charge is 0.497 e. The first-order valence-electron chi connectivity index (χ1n) is 8.77. The number of carbonyl (C=O) groups is 1. The molecule has 2 aliphatic heterocycles. The maximum Gasteiger partial charge on any atom is 0.214 e. The van der Waals surface area contributed by atoms with Crippen LogP contribution in [0, 0.1) is 0 Å². The smallest absolute Gasteiger partial charge is 0.214 e. The molecular formula is C18H25NO5S. The first-order valence-corrected chi connectivity index (χ1v) is 10.4. The Balaban J connectivity index is 1.74. The van der Waals surface area contributed by atoms with Crippen molar-refractivity contribution >= 4 is 15.8 Å². The van der Waals surface area contributed by atoms with Gasteiger partial charge in [-0.05, 0) is 18.6 Å². The highest BCUT2D eigenvalue weighted by molar-refractivity contribution is 7.89. The van der Waals surface area contributed by atoms with Gasteiger partial charge >= 0.3 is 0 Å². The van der Waals surface area contributed by atoms with E-state index in [1.165, 1.54) is 0 Å². The Bertz CT molecular complexity index is 751. The van der Waals surface area contributed by atoms with Gasteiger partial charge in [-0.3, -0.25) is 4.79 Å². The Labute approximate surface area is 149 Å². The van der Waals surface area contributed by atoms with Crippen molar-refractivity contribution in [2.75, 3.05) is 26.0 Å². The highest BCUT2D eigenvalue weighted by atomic mass is 32.2. The molecule has 0 amide bonds. The normalized spacial score (nSPS) is 20.2. The molecule has 138 valence electrons. The van der Waals surface area contributed by atoms with Crippen molar-refractivity contribution in [2.45, 2.75) is 44.6 Å². The van der Waals surface area contributed by atoms with Crippen LogP contribution in [0.25, 0.3) is 0 Å². The van der Waals surface area contributed by atoms with Crippen LogP contribution in [0.3, 0.4) is 0 Å². The third-order valence-electron chi connectivity index (χ3n) is 5.08. The van der Waals surface area contributed by atoms with Crippen LogP contribution in [0.5, 0.6) is 11.5 Å². The van der Waals surface area contributed by atoms with E-state index >= 15 is 0 Å². The van der Waals surface area contributed by atoms with E-state index in [1.54, 1.807) is 29.6 Å². The van der Waals surface area contributed by atoms with Crippen molar-refractivity contribution in [3.63, 3.8) is 0 Å². The van der Waals surface area contributed by atoms with Gasteiger partial charge in [0.2, 0.25) is 10.0 Å². The van der Waals surface area contributed by atoms with Crippen LogP contribution in [0.2, 0.25) is 0 Å². The second-order valence-corrected chi connectivity index (χ2v) is 8.90. The molecule has 0 aromatic heterocycles. The number of ketones is 1. The number of methoxy groups -OCH3 is 1. The molecule has 7 heteroatoms. The monoisotopic (exact) mass is 367 g/mol. The average Bonchev–Trinajstić information content (AvgIpc) is 2.59. The van der Waals surface area contributed by atoms with Gasteiger partial charge in [0.25, 0.3) is 0 Å². The minimum absolute atomic E-state index is 0.0474. The lowest BCUT2D eigenvalue weighted by Crippen LogP contribution is -2.52. The van der Waals surface area contributed by atoms with E-state index in [0.717, 1.165) is 6.42 Å². The Morgan fingerprint density at radius 2 is 2.00 bits per heavy atom. The standard InChI is InChI=1S/C18H25NO5S/c1-3-4-11-25(21,22)19-9-7-18(8-10-19)13-16(20)15-6-5-14(23-2)12-17(15)24-18/h5-6,12H,3-4,7-11,13H2,1-2H3. The minimum atomic E-state index is -3.21. The summed E-state index contributed by atoms with van der Waals surface area (Å²) >= 11 is 0. The Morgan fingerprint density at radius 3 is 2.64 bits per heavy atom. The summed E-state index contributed by atoms with van der Waals surface area (Å²) in [5, 5.41) is 0. The second-order valence-electron chi connectivity index (χ2n) is 6.82. The fourth-order valence-electron chi connectivity index (χ4n) is 3.51. The lowest BCUT2D eigenvalue weighted by atomic mass is 9.83. The molecule has 6 nitrogen and oxygen atoms in total. The number of benzene rings is 1. The zero-order valence-electron chi connectivity index (χ0n) is 14.8. The van der Waals surface area contributed by atoms with Crippen molar-refractivity contribution in [2.24, 2.45) is 0 Å². The summed E-state index contributed by atoms with van der Waals surface area (Å²) in [5.41, 5.74) is -0.0304.